The molecule has 2 rings (SSSR count). The summed E-state index contributed by atoms with van der Waals surface area (Å²) in [6.07, 6.45) is -1.31. The molecule has 3 N–H and O–H groups in total. The maximum absolute atomic E-state index is 9.54. The standard InChI is InChI=1S/C12H17BrN2O2/c1-14-5-8-2-3-10(9(13)4-8)15-6-11(16)12(17)7-15/h2-4,11-12,14,16-17H,5-7H2,1H3. The number of β-amino-alcohol motifs (C(OH)–C–C–N with tert-alkyl or cyclic N) is 2. The lowest BCUT2D eigenvalue weighted by Gasteiger charge is -2.20. The van der Waals surface area contributed by atoms with Crippen LogP contribution >= 0.6 is 15.9 Å². The van der Waals surface area contributed by atoms with Crippen LogP contribution in [-0.4, -0.2) is 42.6 Å². The average Bonchev–Trinajstić information content (AvgIpc) is 2.59. The molecule has 1 fully saturated rings. The van der Waals surface area contributed by atoms with E-state index in [9.17, 15) is 10.2 Å². The van der Waals surface area contributed by atoms with Crippen molar-refractivity contribution in [1.82, 2.24) is 5.32 Å². The number of nitrogens with zero attached hydrogens (tertiary/aromatic N) is 1. The fourth-order valence-electron chi connectivity index (χ4n) is 2.09. The lowest BCUT2D eigenvalue weighted by molar-refractivity contribution is 0.0572. The molecular weight excluding hydrogens is 284 g/mol. The molecule has 5 heteroatoms. The van der Waals surface area contributed by atoms with Crippen molar-refractivity contribution in [2.45, 2.75) is 18.8 Å². The summed E-state index contributed by atoms with van der Waals surface area (Å²) < 4.78 is 0.992. The highest BCUT2D eigenvalue weighted by Gasteiger charge is 2.30. The minimum atomic E-state index is -0.654. The molecule has 1 aliphatic rings. The molecule has 2 atom stereocenters. The van der Waals surface area contributed by atoms with Crippen molar-refractivity contribution < 1.29 is 10.2 Å². The van der Waals surface area contributed by atoms with Crippen molar-refractivity contribution in [3.05, 3.63) is 28.2 Å². The van der Waals surface area contributed by atoms with E-state index in [4.69, 9.17) is 0 Å². The zero-order chi connectivity index (χ0) is 12.4. The minimum absolute atomic E-state index is 0.477. The minimum Gasteiger partial charge on any atom is -0.389 e. The van der Waals surface area contributed by atoms with Gasteiger partial charge < -0.3 is 20.4 Å². The van der Waals surface area contributed by atoms with Gasteiger partial charge in [-0.05, 0) is 40.7 Å². The van der Waals surface area contributed by atoms with Gasteiger partial charge in [0.25, 0.3) is 0 Å². The summed E-state index contributed by atoms with van der Waals surface area (Å²) in [5.74, 6) is 0. The SMILES string of the molecule is CNCc1ccc(N2CC(O)C(O)C2)c(Br)c1. The van der Waals surface area contributed by atoms with Gasteiger partial charge in [-0.25, -0.2) is 0 Å². The van der Waals surface area contributed by atoms with Crippen LogP contribution in [0.25, 0.3) is 0 Å². The van der Waals surface area contributed by atoms with Crippen LogP contribution in [0, 0.1) is 0 Å². The van der Waals surface area contributed by atoms with Gasteiger partial charge in [-0.3, -0.25) is 0 Å². The monoisotopic (exact) mass is 300 g/mol. The largest absolute Gasteiger partial charge is 0.389 e. The third kappa shape index (κ3) is 2.80. The van der Waals surface area contributed by atoms with Crippen LogP contribution in [0.15, 0.2) is 22.7 Å². The Morgan fingerprint density at radius 1 is 1.35 bits per heavy atom. The number of hydrogen-bond acceptors (Lipinski definition) is 4. The molecule has 2 unspecified atom stereocenters. The van der Waals surface area contributed by atoms with Gasteiger partial charge >= 0.3 is 0 Å². The van der Waals surface area contributed by atoms with Crippen LogP contribution < -0.4 is 10.2 Å². The molecule has 0 aromatic heterocycles. The Labute approximate surface area is 109 Å². The number of aliphatic hydroxyl groups excluding tert-OH is 2. The van der Waals surface area contributed by atoms with Crippen molar-refractivity contribution in [3.63, 3.8) is 0 Å². The molecule has 0 saturated carbocycles. The lowest BCUT2D eigenvalue weighted by Crippen LogP contribution is -2.22. The normalized spacial score (nSPS) is 24.4. The van der Waals surface area contributed by atoms with Gasteiger partial charge in [0.2, 0.25) is 0 Å². The molecule has 0 amide bonds. The van der Waals surface area contributed by atoms with E-state index < -0.39 is 12.2 Å². The summed E-state index contributed by atoms with van der Waals surface area (Å²) in [5, 5.41) is 22.2. The maximum atomic E-state index is 9.54. The Hall–Kier alpha value is -0.620. The first-order valence-corrected chi connectivity index (χ1v) is 6.45. The molecule has 1 saturated heterocycles. The number of aliphatic hydroxyl groups is 2. The molecule has 1 aromatic carbocycles. The van der Waals surface area contributed by atoms with Crippen LogP contribution in [0.4, 0.5) is 5.69 Å². The smallest absolute Gasteiger partial charge is 0.0990 e. The van der Waals surface area contributed by atoms with E-state index in [2.05, 4.69) is 27.3 Å². The Bertz CT molecular complexity index is 390. The fraction of sp³-hybridized carbons (Fsp3) is 0.500. The maximum Gasteiger partial charge on any atom is 0.0990 e. The van der Waals surface area contributed by atoms with E-state index in [0.29, 0.717) is 13.1 Å². The summed E-state index contributed by atoms with van der Waals surface area (Å²) in [4.78, 5) is 1.99. The first-order chi connectivity index (χ1) is 8.11. The average molecular weight is 301 g/mol. The quantitative estimate of drug-likeness (QED) is 0.770. The third-order valence-electron chi connectivity index (χ3n) is 2.99. The number of nitrogens with one attached hydrogen (secondary N) is 1. The van der Waals surface area contributed by atoms with Crippen molar-refractivity contribution in [2.24, 2.45) is 0 Å². The van der Waals surface area contributed by atoms with Crippen LogP contribution in [0.3, 0.4) is 0 Å². The van der Waals surface area contributed by atoms with Gasteiger partial charge in [-0.1, -0.05) is 6.07 Å². The number of rotatable bonds is 3. The van der Waals surface area contributed by atoms with Crippen LogP contribution in [-0.2, 0) is 6.54 Å². The summed E-state index contributed by atoms with van der Waals surface area (Å²) in [6, 6.07) is 6.12. The van der Waals surface area contributed by atoms with Gasteiger partial charge in [0, 0.05) is 24.1 Å². The van der Waals surface area contributed by atoms with E-state index in [1.807, 2.05) is 24.1 Å². The number of halogens is 1. The molecule has 94 valence electrons. The van der Waals surface area contributed by atoms with Gasteiger partial charge in [-0.2, -0.15) is 0 Å². The Kier molecular flexibility index (Phi) is 4.04. The second-order valence-electron chi connectivity index (χ2n) is 4.36. The second-order valence-corrected chi connectivity index (χ2v) is 5.21. The topological polar surface area (TPSA) is 55.7 Å². The fourth-order valence-corrected chi connectivity index (χ4v) is 2.76. The lowest BCUT2D eigenvalue weighted by atomic mass is 10.2. The molecular formula is C12H17BrN2O2. The van der Waals surface area contributed by atoms with E-state index in [0.717, 1.165) is 16.7 Å². The van der Waals surface area contributed by atoms with Crippen molar-refractivity contribution in [1.29, 1.82) is 0 Å². The molecule has 0 bridgehead atoms. The molecule has 4 nitrogen and oxygen atoms in total. The zero-order valence-corrected chi connectivity index (χ0v) is 11.3. The van der Waals surface area contributed by atoms with Crippen LogP contribution in [0.1, 0.15) is 5.56 Å². The van der Waals surface area contributed by atoms with Gasteiger partial charge in [-0.15, -0.1) is 0 Å². The molecule has 0 spiro atoms. The Morgan fingerprint density at radius 2 is 2.00 bits per heavy atom. The highest BCUT2D eigenvalue weighted by molar-refractivity contribution is 9.10. The van der Waals surface area contributed by atoms with E-state index in [1.54, 1.807) is 0 Å². The van der Waals surface area contributed by atoms with E-state index in [1.165, 1.54) is 5.56 Å². The summed E-state index contributed by atoms with van der Waals surface area (Å²) in [7, 11) is 1.91. The zero-order valence-electron chi connectivity index (χ0n) is 9.73. The second kappa shape index (κ2) is 5.35. The van der Waals surface area contributed by atoms with Gasteiger partial charge in [0.15, 0.2) is 0 Å². The number of anilines is 1. The molecule has 17 heavy (non-hydrogen) atoms. The van der Waals surface area contributed by atoms with Crippen LogP contribution in [0.2, 0.25) is 0 Å². The molecule has 0 aliphatic carbocycles. The first kappa shape index (κ1) is 12.8. The summed E-state index contributed by atoms with van der Waals surface area (Å²) in [6.45, 7) is 1.78. The molecule has 1 aromatic rings. The number of benzene rings is 1. The number of hydrogen-bond donors (Lipinski definition) is 3. The highest BCUT2D eigenvalue weighted by Crippen LogP contribution is 2.30. The van der Waals surface area contributed by atoms with E-state index >= 15 is 0 Å². The Morgan fingerprint density at radius 3 is 2.53 bits per heavy atom. The summed E-state index contributed by atoms with van der Waals surface area (Å²) in [5.41, 5.74) is 2.21. The van der Waals surface area contributed by atoms with Gasteiger partial charge in [0.05, 0.1) is 17.9 Å². The van der Waals surface area contributed by atoms with Crippen molar-refractivity contribution in [3.8, 4) is 0 Å². The third-order valence-corrected chi connectivity index (χ3v) is 3.63. The van der Waals surface area contributed by atoms with Crippen LogP contribution in [0.5, 0.6) is 0 Å². The predicted octanol–water partition coefficient (Wildman–Crippen LogP) is 0.710. The molecule has 1 heterocycles. The van der Waals surface area contributed by atoms with E-state index in [-0.39, 0.29) is 0 Å². The first-order valence-electron chi connectivity index (χ1n) is 5.66. The van der Waals surface area contributed by atoms with Crippen molar-refractivity contribution >= 4 is 21.6 Å². The Balaban J connectivity index is 2.17. The van der Waals surface area contributed by atoms with Gasteiger partial charge in [0.1, 0.15) is 0 Å². The highest BCUT2D eigenvalue weighted by atomic mass is 79.9. The predicted molar refractivity (Wildman–Crippen MR) is 71.1 cm³/mol. The molecule has 1 aliphatic heterocycles. The molecule has 0 radical (unpaired) electrons. The van der Waals surface area contributed by atoms with Crippen molar-refractivity contribution in [2.75, 3.05) is 25.0 Å². The summed E-state index contributed by atoms with van der Waals surface area (Å²) >= 11 is 3.53.